The Morgan fingerprint density at radius 1 is 1.06 bits per heavy atom. The van der Waals surface area contributed by atoms with Gasteiger partial charge in [-0.3, -0.25) is 4.79 Å². The minimum absolute atomic E-state index is 0.0101. The molecule has 1 aromatic heterocycles. The number of hydrogen-bond donors (Lipinski definition) is 0. The van der Waals surface area contributed by atoms with Crippen molar-refractivity contribution in [3.63, 3.8) is 0 Å². The molecule has 0 N–H and O–H groups in total. The van der Waals surface area contributed by atoms with Gasteiger partial charge in [0.05, 0.1) is 0 Å². The van der Waals surface area contributed by atoms with Crippen LogP contribution < -0.4 is 9.47 Å². The van der Waals surface area contributed by atoms with E-state index in [1.807, 2.05) is 30.3 Å². The minimum Gasteiger partial charge on any atom is -0.486 e. The fraction of sp³-hybridized carbons (Fsp3) is 0.375. The Morgan fingerprint density at radius 2 is 1.81 bits per heavy atom. The molecule has 1 aliphatic rings. The van der Waals surface area contributed by atoms with Crippen LogP contribution in [-0.4, -0.2) is 41.2 Å². The second-order valence-corrected chi connectivity index (χ2v) is 8.02. The highest BCUT2D eigenvalue weighted by Gasteiger charge is 2.16. The van der Waals surface area contributed by atoms with Crippen molar-refractivity contribution in [1.29, 1.82) is 0 Å². The highest BCUT2D eigenvalue weighted by Crippen LogP contribution is 2.31. The third-order valence-electron chi connectivity index (χ3n) is 5.31. The smallest absolute Gasteiger partial charge is 0.227 e. The largest absolute Gasteiger partial charge is 0.486 e. The topological polar surface area (TPSA) is 77.7 Å². The Hall–Kier alpha value is -3.35. The van der Waals surface area contributed by atoms with Crippen molar-refractivity contribution in [3.8, 4) is 22.9 Å². The minimum atomic E-state index is 0.0101. The van der Waals surface area contributed by atoms with Crippen LogP contribution in [0.25, 0.3) is 11.4 Å². The molecule has 7 heteroatoms. The first-order valence-corrected chi connectivity index (χ1v) is 10.5. The third-order valence-corrected chi connectivity index (χ3v) is 5.31. The lowest BCUT2D eigenvalue weighted by Gasteiger charge is -2.21. The van der Waals surface area contributed by atoms with Gasteiger partial charge in [-0.1, -0.05) is 49.3 Å². The molecule has 1 aliphatic heterocycles. The molecule has 0 saturated heterocycles. The van der Waals surface area contributed by atoms with Gasteiger partial charge in [0.15, 0.2) is 11.5 Å². The fourth-order valence-corrected chi connectivity index (χ4v) is 3.44. The third kappa shape index (κ3) is 5.05. The summed E-state index contributed by atoms with van der Waals surface area (Å²) in [6, 6.07) is 13.9. The van der Waals surface area contributed by atoms with E-state index in [9.17, 15) is 4.79 Å². The van der Waals surface area contributed by atoms with Gasteiger partial charge in [0.25, 0.3) is 0 Å². The number of fused-ring (bicyclic) bond motifs is 1. The molecule has 0 bridgehead atoms. The van der Waals surface area contributed by atoms with Crippen LogP contribution in [0.3, 0.4) is 0 Å². The Morgan fingerprint density at radius 3 is 2.55 bits per heavy atom. The summed E-state index contributed by atoms with van der Waals surface area (Å²) in [4.78, 5) is 18.7. The molecule has 3 aromatic rings. The van der Waals surface area contributed by atoms with E-state index in [1.165, 1.54) is 5.56 Å². The van der Waals surface area contributed by atoms with Crippen molar-refractivity contribution in [1.82, 2.24) is 15.0 Å². The molecule has 2 aromatic carbocycles. The van der Waals surface area contributed by atoms with Crippen LogP contribution in [0.1, 0.15) is 43.2 Å². The maximum atomic E-state index is 12.6. The van der Waals surface area contributed by atoms with Crippen LogP contribution in [0.2, 0.25) is 0 Å². The monoisotopic (exact) mass is 421 g/mol. The summed E-state index contributed by atoms with van der Waals surface area (Å²) < 4.78 is 16.5. The molecule has 162 valence electrons. The maximum absolute atomic E-state index is 12.6. The number of carbonyl (C=O) groups excluding carboxylic acids is 1. The molecule has 0 spiro atoms. The van der Waals surface area contributed by atoms with Gasteiger partial charge < -0.3 is 18.9 Å². The number of nitrogens with zero attached hydrogens (tertiary/aromatic N) is 3. The Kier molecular flexibility index (Phi) is 6.21. The van der Waals surface area contributed by atoms with Crippen LogP contribution >= 0.6 is 0 Å². The molecule has 2 heterocycles. The standard InChI is InChI=1S/C24H27N3O4/c1-16(2)18-5-7-19(8-6-18)24-25-22(31-26-24)10-11-23(28)27(3)15-17-4-9-20-21(14-17)30-13-12-29-20/h4-9,14,16H,10-13,15H2,1-3H3. The van der Waals surface area contributed by atoms with Crippen molar-refractivity contribution in [3.05, 3.63) is 59.5 Å². The Balaban J connectivity index is 1.31. The van der Waals surface area contributed by atoms with Gasteiger partial charge in [-0.05, 0) is 29.2 Å². The summed E-state index contributed by atoms with van der Waals surface area (Å²) in [6.07, 6.45) is 0.705. The van der Waals surface area contributed by atoms with Crippen LogP contribution in [-0.2, 0) is 17.8 Å². The van der Waals surface area contributed by atoms with E-state index in [-0.39, 0.29) is 5.91 Å². The number of rotatable bonds is 7. The van der Waals surface area contributed by atoms with Crippen LogP contribution in [0.4, 0.5) is 0 Å². The zero-order valence-electron chi connectivity index (χ0n) is 18.1. The molecule has 4 rings (SSSR count). The lowest BCUT2D eigenvalue weighted by Crippen LogP contribution is -2.26. The van der Waals surface area contributed by atoms with Crippen molar-refractivity contribution < 1.29 is 18.8 Å². The van der Waals surface area contributed by atoms with E-state index < -0.39 is 0 Å². The fourth-order valence-electron chi connectivity index (χ4n) is 3.44. The first kappa shape index (κ1) is 20.9. The van der Waals surface area contributed by atoms with Crippen LogP contribution in [0.5, 0.6) is 11.5 Å². The van der Waals surface area contributed by atoms with E-state index >= 15 is 0 Å². The molecule has 7 nitrogen and oxygen atoms in total. The van der Waals surface area contributed by atoms with E-state index in [2.05, 4.69) is 36.1 Å². The first-order valence-electron chi connectivity index (χ1n) is 10.5. The van der Waals surface area contributed by atoms with Gasteiger partial charge in [-0.2, -0.15) is 4.98 Å². The summed E-state index contributed by atoms with van der Waals surface area (Å²) in [5, 5.41) is 4.06. The predicted octanol–water partition coefficient (Wildman–Crippen LogP) is 4.22. The molecular formula is C24H27N3O4. The maximum Gasteiger partial charge on any atom is 0.227 e. The SMILES string of the molecule is CC(C)c1ccc(-c2noc(CCC(=O)N(C)Cc3ccc4c(c3)OCCO4)n2)cc1. The van der Waals surface area contributed by atoms with Gasteiger partial charge in [0, 0.05) is 32.0 Å². The number of aryl methyl sites for hydroxylation is 1. The summed E-state index contributed by atoms with van der Waals surface area (Å²) >= 11 is 0. The summed E-state index contributed by atoms with van der Waals surface area (Å²) in [5.41, 5.74) is 3.16. The second-order valence-electron chi connectivity index (χ2n) is 8.02. The molecule has 0 fully saturated rings. The van der Waals surface area contributed by atoms with Crippen LogP contribution in [0.15, 0.2) is 47.0 Å². The first-order chi connectivity index (χ1) is 15.0. The zero-order chi connectivity index (χ0) is 21.8. The predicted molar refractivity (Wildman–Crippen MR) is 116 cm³/mol. The number of carbonyl (C=O) groups is 1. The molecule has 31 heavy (non-hydrogen) atoms. The number of hydrogen-bond acceptors (Lipinski definition) is 6. The normalized spacial score (nSPS) is 12.8. The molecular weight excluding hydrogens is 394 g/mol. The van der Waals surface area contributed by atoms with E-state index in [0.29, 0.717) is 50.2 Å². The number of ether oxygens (including phenoxy) is 2. The Bertz CT molecular complexity index is 1040. The molecule has 0 saturated carbocycles. The Labute approximate surface area is 182 Å². The van der Waals surface area contributed by atoms with Gasteiger partial charge in [-0.25, -0.2) is 0 Å². The van der Waals surface area contributed by atoms with E-state index in [4.69, 9.17) is 14.0 Å². The summed E-state index contributed by atoms with van der Waals surface area (Å²) in [7, 11) is 1.79. The van der Waals surface area contributed by atoms with Gasteiger partial charge in [-0.15, -0.1) is 0 Å². The molecule has 1 amide bonds. The van der Waals surface area contributed by atoms with Gasteiger partial charge in [0.2, 0.25) is 17.6 Å². The van der Waals surface area contributed by atoms with Crippen molar-refractivity contribution in [2.24, 2.45) is 0 Å². The van der Waals surface area contributed by atoms with Crippen molar-refractivity contribution in [2.75, 3.05) is 20.3 Å². The van der Waals surface area contributed by atoms with Gasteiger partial charge in [0.1, 0.15) is 13.2 Å². The molecule has 0 radical (unpaired) electrons. The lowest BCUT2D eigenvalue weighted by molar-refractivity contribution is -0.130. The number of benzene rings is 2. The molecule has 0 unspecified atom stereocenters. The highest BCUT2D eigenvalue weighted by atomic mass is 16.6. The quantitative estimate of drug-likeness (QED) is 0.568. The average Bonchev–Trinajstić information content (AvgIpc) is 3.26. The summed E-state index contributed by atoms with van der Waals surface area (Å²) in [5.74, 6) is 2.96. The highest BCUT2D eigenvalue weighted by molar-refractivity contribution is 5.76. The zero-order valence-corrected chi connectivity index (χ0v) is 18.1. The average molecular weight is 421 g/mol. The number of amides is 1. The van der Waals surface area contributed by atoms with Gasteiger partial charge >= 0.3 is 0 Å². The van der Waals surface area contributed by atoms with E-state index in [0.717, 1.165) is 22.6 Å². The van der Waals surface area contributed by atoms with Crippen molar-refractivity contribution in [2.45, 2.75) is 39.2 Å². The number of aromatic nitrogens is 2. The van der Waals surface area contributed by atoms with Crippen LogP contribution in [0, 0.1) is 0 Å². The lowest BCUT2D eigenvalue weighted by atomic mass is 10.0. The summed E-state index contributed by atoms with van der Waals surface area (Å²) in [6.45, 7) is 5.91. The second kappa shape index (κ2) is 9.20. The van der Waals surface area contributed by atoms with Crippen molar-refractivity contribution >= 4 is 5.91 Å². The molecule has 0 atom stereocenters. The van der Waals surface area contributed by atoms with E-state index in [1.54, 1.807) is 11.9 Å². The molecule has 0 aliphatic carbocycles.